The maximum absolute atomic E-state index is 13.4. The molecule has 37 heavy (non-hydrogen) atoms. The van der Waals surface area contributed by atoms with Crippen LogP contribution in [0.25, 0.3) is 10.8 Å². The molecule has 0 radical (unpaired) electrons. The third kappa shape index (κ3) is 3.80. The highest BCUT2D eigenvalue weighted by Gasteiger charge is 2.36. The van der Waals surface area contributed by atoms with Crippen LogP contribution in [-0.2, 0) is 0 Å². The minimum Gasteiger partial charge on any atom is -0.508 e. The zero-order chi connectivity index (χ0) is 26.4. The Hall–Kier alpha value is -5.58. The number of rotatable bonds is 5. The molecule has 0 saturated carbocycles. The molecule has 4 aromatic carbocycles. The molecule has 4 aromatic rings. The number of aromatic carboxylic acids is 1. The lowest BCUT2D eigenvalue weighted by Crippen LogP contribution is -2.40. The normalized spacial score (nSPS) is 12.5. The molecule has 0 aliphatic carbocycles. The van der Waals surface area contributed by atoms with Crippen molar-refractivity contribution in [3.63, 3.8) is 0 Å². The van der Waals surface area contributed by atoms with E-state index in [9.17, 15) is 39.5 Å². The molecule has 5 rings (SSSR count). The molecular formula is C26H15N3O8. The summed E-state index contributed by atoms with van der Waals surface area (Å²) >= 11 is 0. The van der Waals surface area contributed by atoms with E-state index in [-0.39, 0.29) is 55.8 Å². The van der Waals surface area contributed by atoms with Gasteiger partial charge in [-0.05, 0) is 54.6 Å². The zero-order valence-electron chi connectivity index (χ0n) is 18.7. The first-order chi connectivity index (χ1) is 17.7. The van der Waals surface area contributed by atoms with Gasteiger partial charge in [0.1, 0.15) is 5.75 Å². The Kier molecular flexibility index (Phi) is 5.37. The Labute approximate surface area is 207 Å². The molecule has 0 fully saturated rings. The highest BCUT2D eigenvalue weighted by Crippen LogP contribution is 2.37. The summed E-state index contributed by atoms with van der Waals surface area (Å²) in [6, 6.07) is 16.0. The van der Waals surface area contributed by atoms with Crippen LogP contribution in [0.15, 0.2) is 72.8 Å². The third-order valence-electron chi connectivity index (χ3n) is 5.93. The minimum atomic E-state index is -1.36. The van der Waals surface area contributed by atoms with Crippen LogP contribution in [0, 0.1) is 10.1 Å². The van der Waals surface area contributed by atoms with Crippen molar-refractivity contribution in [1.82, 2.24) is 0 Å². The van der Waals surface area contributed by atoms with Gasteiger partial charge >= 0.3 is 5.97 Å². The molecule has 11 nitrogen and oxygen atoms in total. The van der Waals surface area contributed by atoms with Crippen LogP contribution in [0.2, 0.25) is 0 Å². The average molecular weight is 497 g/mol. The topological polar surface area (TPSA) is 167 Å². The van der Waals surface area contributed by atoms with Gasteiger partial charge in [0.15, 0.2) is 0 Å². The quantitative estimate of drug-likeness (QED) is 0.160. The van der Waals surface area contributed by atoms with Gasteiger partial charge < -0.3 is 15.5 Å². The molecule has 0 unspecified atom stereocenters. The highest BCUT2D eigenvalue weighted by atomic mass is 16.6. The molecule has 0 atom stereocenters. The maximum atomic E-state index is 13.4. The molecule has 0 aromatic heterocycles. The predicted molar refractivity (Wildman–Crippen MR) is 131 cm³/mol. The number of imide groups is 1. The van der Waals surface area contributed by atoms with Crippen LogP contribution in [0.4, 0.5) is 17.1 Å². The van der Waals surface area contributed by atoms with E-state index in [0.29, 0.717) is 0 Å². The van der Waals surface area contributed by atoms with E-state index in [1.165, 1.54) is 66.7 Å². The maximum Gasteiger partial charge on any atom is 0.337 e. The number of hydrogen-bond donors (Lipinski definition) is 3. The van der Waals surface area contributed by atoms with Crippen molar-refractivity contribution in [1.29, 1.82) is 0 Å². The molecule has 0 spiro atoms. The van der Waals surface area contributed by atoms with Gasteiger partial charge in [0.05, 0.1) is 27.2 Å². The van der Waals surface area contributed by atoms with Crippen LogP contribution >= 0.6 is 0 Å². The standard InChI is InChI=1S/C26H15N3O8/c30-15-7-9-20(19(12-15)26(34)35)27-23(31)13-3-1-4-14(11-13)28-24(32)17-6-2-5-16-21(29(36)37)10-8-18(22(16)17)25(28)33/h1-12,30H,(H,27,31)(H,34,35). The number of hydrogen-bond acceptors (Lipinski definition) is 7. The van der Waals surface area contributed by atoms with Crippen molar-refractivity contribution in [2.45, 2.75) is 0 Å². The van der Waals surface area contributed by atoms with Crippen molar-refractivity contribution >= 4 is 51.5 Å². The summed E-state index contributed by atoms with van der Waals surface area (Å²) in [6.07, 6.45) is 0. The number of carbonyl (C=O) groups is 4. The van der Waals surface area contributed by atoms with E-state index < -0.39 is 28.6 Å². The van der Waals surface area contributed by atoms with Crippen molar-refractivity contribution in [2.75, 3.05) is 10.2 Å². The summed E-state index contributed by atoms with van der Waals surface area (Å²) in [4.78, 5) is 62.8. The highest BCUT2D eigenvalue weighted by molar-refractivity contribution is 6.36. The fourth-order valence-electron chi connectivity index (χ4n) is 4.27. The summed E-state index contributed by atoms with van der Waals surface area (Å²) in [7, 11) is 0. The Morgan fingerprint density at radius 1 is 0.892 bits per heavy atom. The number of anilines is 2. The van der Waals surface area contributed by atoms with Gasteiger partial charge in [-0.2, -0.15) is 0 Å². The fourth-order valence-corrected chi connectivity index (χ4v) is 4.27. The van der Waals surface area contributed by atoms with Gasteiger partial charge in [0, 0.05) is 28.1 Å². The molecule has 1 aliphatic rings. The first-order valence-electron chi connectivity index (χ1n) is 10.7. The second-order valence-corrected chi connectivity index (χ2v) is 8.10. The number of phenolic OH excluding ortho intramolecular Hbond substituents is 1. The number of benzene rings is 4. The van der Waals surface area contributed by atoms with E-state index in [1.54, 1.807) is 0 Å². The molecule has 3 amide bonds. The molecule has 1 heterocycles. The molecule has 182 valence electrons. The monoisotopic (exact) mass is 497 g/mol. The van der Waals surface area contributed by atoms with Crippen LogP contribution in [0.3, 0.4) is 0 Å². The largest absolute Gasteiger partial charge is 0.508 e. The van der Waals surface area contributed by atoms with E-state index in [0.717, 1.165) is 11.0 Å². The number of carboxylic acid groups (broad SMARTS) is 1. The molecule has 3 N–H and O–H groups in total. The number of phenols is 1. The number of nitro groups is 1. The Morgan fingerprint density at radius 2 is 1.59 bits per heavy atom. The minimum absolute atomic E-state index is 0.0234. The molecule has 0 saturated heterocycles. The van der Waals surface area contributed by atoms with Crippen molar-refractivity contribution in [3.05, 3.63) is 105 Å². The lowest BCUT2D eigenvalue weighted by Gasteiger charge is -2.27. The predicted octanol–water partition coefficient (Wildman–Crippen LogP) is 4.20. The van der Waals surface area contributed by atoms with Gasteiger partial charge in [-0.25, -0.2) is 9.69 Å². The number of carbonyl (C=O) groups excluding carboxylic acids is 3. The summed E-state index contributed by atoms with van der Waals surface area (Å²) in [5.41, 5.74) is -0.328. The van der Waals surface area contributed by atoms with Gasteiger partial charge in [0.25, 0.3) is 23.4 Å². The zero-order valence-corrected chi connectivity index (χ0v) is 18.7. The van der Waals surface area contributed by atoms with Gasteiger partial charge in [-0.15, -0.1) is 0 Å². The Bertz CT molecular complexity index is 1670. The average Bonchev–Trinajstić information content (AvgIpc) is 2.88. The van der Waals surface area contributed by atoms with Crippen molar-refractivity contribution < 1.29 is 34.3 Å². The van der Waals surface area contributed by atoms with Crippen LogP contribution < -0.4 is 10.2 Å². The van der Waals surface area contributed by atoms with Crippen molar-refractivity contribution in [2.24, 2.45) is 0 Å². The lowest BCUT2D eigenvalue weighted by atomic mass is 9.92. The second kappa shape index (κ2) is 8.57. The summed E-state index contributed by atoms with van der Waals surface area (Å²) in [6.45, 7) is 0. The van der Waals surface area contributed by atoms with Crippen molar-refractivity contribution in [3.8, 4) is 5.75 Å². The number of nitro benzene ring substituents is 1. The van der Waals surface area contributed by atoms with E-state index in [1.807, 2.05) is 0 Å². The van der Waals surface area contributed by atoms with Crippen LogP contribution in [-0.4, -0.2) is 38.8 Å². The van der Waals surface area contributed by atoms with Crippen LogP contribution in [0.5, 0.6) is 5.75 Å². The summed E-state index contributed by atoms with van der Waals surface area (Å²) in [5, 5.41) is 33.2. The SMILES string of the molecule is O=C(Nc1ccc(O)cc1C(=O)O)c1cccc(N2C(=O)c3cccc4c([N+](=O)[O-])ccc(c34)C2=O)c1. The first-order valence-corrected chi connectivity index (χ1v) is 10.7. The molecule has 0 bridgehead atoms. The van der Waals surface area contributed by atoms with Gasteiger partial charge in [-0.1, -0.05) is 12.1 Å². The molecule has 11 heteroatoms. The number of non-ortho nitro benzene ring substituents is 1. The number of amides is 3. The lowest BCUT2D eigenvalue weighted by molar-refractivity contribution is -0.383. The number of nitrogens with zero attached hydrogens (tertiary/aromatic N) is 2. The Balaban J connectivity index is 1.53. The van der Waals surface area contributed by atoms with E-state index >= 15 is 0 Å². The number of carboxylic acids is 1. The van der Waals surface area contributed by atoms with Gasteiger partial charge in [-0.3, -0.25) is 24.5 Å². The number of nitrogens with one attached hydrogen (secondary N) is 1. The van der Waals surface area contributed by atoms with E-state index in [4.69, 9.17) is 0 Å². The summed E-state index contributed by atoms with van der Waals surface area (Å²) in [5.74, 6) is -3.80. The summed E-state index contributed by atoms with van der Waals surface area (Å²) < 4.78 is 0. The molecular weight excluding hydrogens is 482 g/mol. The Morgan fingerprint density at radius 3 is 2.30 bits per heavy atom. The smallest absolute Gasteiger partial charge is 0.337 e. The molecule has 1 aliphatic heterocycles. The van der Waals surface area contributed by atoms with Crippen LogP contribution in [0.1, 0.15) is 41.4 Å². The fraction of sp³-hybridized carbons (Fsp3) is 0. The van der Waals surface area contributed by atoms with Gasteiger partial charge in [0.2, 0.25) is 0 Å². The third-order valence-corrected chi connectivity index (χ3v) is 5.93. The van der Waals surface area contributed by atoms with E-state index in [2.05, 4.69) is 5.32 Å². The second-order valence-electron chi connectivity index (χ2n) is 8.10. The number of aromatic hydroxyl groups is 1. The first kappa shape index (κ1) is 23.2.